The van der Waals surface area contributed by atoms with E-state index in [4.69, 9.17) is 0 Å². The fourth-order valence-corrected chi connectivity index (χ4v) is 7.19. The van der Waals surface area contributed by atoms with Crippen LogP contribution in [0.3, 0.4) is 0 Å². The SMILES string of the molecule is Cc1nc(C)c(-c2nnc(SCCCN3CC[C@H]4C[C@@]4(c4ccc(C(F)(F)F)cc4)CC3)n2C)s1. The third kappa shape index (κ3) is 5.02. The number of hydrogen-bond acceptors (Lipinski definition) is 6. The first-order valence-corrected chi connectivity index (χ1v) is 13.8. The van der Waals surface area contributed by atoms with E-state index in [1.165, 1.54) is 12.1 Å². The lowest BCUT2D eigenvalue weighted by Gasteiger charge is -2.22. The first-order chi connectivity index (χ1) is 16.7. The number of aromatic nitrogens is 4. The second kappa shape index (κ2) is 9.52. The summed E-state index contributed by atoms with van der Waals surface area (Å²) in [4.78, 5) is 8.09. The molecule has 0 N–H and O–H groups in total. The highest BCUT2D eigenvalue weighted by Crippen LogP contribution is 2.59. The van der Waals surface area contributed by atoms with E-state index >= 15 is 0 Å². The topological polar surface area (TPSA) is 46.8 Å². The molecule has 10 heteroatoms. The zero-order valence-corrected chi connectivity index (χ0v) is 21.9. The Morgan fingerprint density at radius 1 is 1.14 bits per heavy atom. The van der Waals surface area contributed by atoms with Crippen molar-refractivity contribution >= 4 is 23.1 Å². The van der Waals surface area contributed by atoms with Crippen molar-refractivity contribution in [3.63, 3.8) is 0 Å². The summed E-state index contributed by atoms with van der Waals surface area (Å²) in [5, 5.41) is 10.7. The van der Waals surface area contributed by atoms with Crippen molar-refractivity contribution in [2.24, 2.45) is 13.0 Å². The van der Waals surface area contributed by atoms with E-state index in [0.29, 0.717) is 5.92 Å². The summed E-state index contributed by atoms with van der Waals surface area (Å²) in [5.41, 5.74) is 1.59. The number of aryl methyl sites for hydroxylation is 2. The zero-order chi connectivity index (χ0) is 24.8. The summed E-state index contributed by atoms with van der Waals surface area (Å²) >= 11 is 3.38. The molecule has 0 unspecified atom stereocenters. The second-order valence-electron chi connectivity index (χ2n) is 9.73. The van der Waals surface area contributed by atoms with Gasteiger partial charge in [0, 0.05) is 12.8 Å². The molecule has 3 heterocycles. The van der Waals surface area contributed by atoms with Crippen LogP contribution in [0.25, 0.3) is 10.7 Å². The molecule has 2 aliphatic rings. The number of halogens is 3. The normalized spacial score (nSPS) is 22.7. The van der Waals surface area contributed by atoms with Crippen molar-refractivity contribution < 1.29 is 13.2 Å². The zero-order valence-electron chi connectivity index (χ0n) is 20.2. The number of rotatable bonds is 7. The number of benzene rings is 1. The Hall–Kier alpha value is -1.91. The van der Waals surface area contributed by atoms with Crippen LogP contribution in [-0.2, 0) is 18.6 Å². The molecule has 1 saturated heterocycles. The van der Waals surface area contributed by atoms with Crippen molar-refractivity contribution in [1.29, 1.82) is 0 Å². The van der Waals surface area contributed by atoms with Crippen LogP contribution in [0.2, 0.25) is 0 Å². The van der Waals surface area contributed by atoms with E-state index < -0.39 is 11.7 Å². The Morgan fingerprint density at radius 3 is 2.60 bits per heavy atom. The van der Waals surface area contributed by atoms with Gasteiger partial charge in [0.1, 0.15) is 0 Å². The van der Waals surface area contributed by atoms with Crippen LogP contribution in [0.15, 0.2) is 29.4 Å². The maximum absolute atomic E-state index is 12.9. The molecule has 0 spiro atoms. The molecule has 1 aromatic carbocycles. The maximum atomic E-state index is 12.9. The smallest absolute Gasteiger partial charge is 0.304 e. The molecule has 5 rings (SSSR count). The van der Waals surface area contributed by atoms with Gasteiger partial charge in [-0.1, -0.05) is 23.9 Å². The molecule has 5 nitrogen and oxygen atoms in total. The monoisotopic (exact) mass is 521 g/mol. The molecule has 2 aromatic heterocycles. The van der Waals surface area contributed by atoms with Gasteiger partial charge in [-0.25, -0.2) is 4.98 Å². The van der Waals surface area contributed by atoms with E-state index in [1.54, 1.807) is 35.2 Å². The van der Waals surface area contributed by atoms with Gasteiger partial charge in [-0.3, -0.25) is 0 Å². The van der Waals surface area contributed by atoms with Crippen molar-refractivity contribution in [2.75, 3.05) is 25.4 Å². The van der Waals surface area contributed by atoms with Crippen LogP contribution >= 0.6 is 23.1 Å². The summed E-state index contributed by atoms with van der Waals surface area (Å²) in [6.07, 6.45) is 0.0345. The van der Waals surface area contributed by atoms with E-state index in [2.05, 4.69) is 24.6 Å². The van der Waals surface area contributed by atoms with Crippen LogP contribution in [0.4, 0.5) is 13.2 Å². The fraction of sp³-hybridized carbons (Fsp3) is 0.560. The Labute approximate surface area is 212 Å². The van der Waals surface area contributed by atoms with Gasteiger partial charge in [0.2, 0.25) is 0 Å². The molecule has 3 aromatic rings. The Morgan fingerprint density at radius 2 is 1.91 bits per heavy atom. The second-order valence-corrected chi connectivity index (χ2v) is 12.0. The van der Waals surface area contributed by atoms with Gasteiger partial charge in [0.25, 0.3) is 0 Å². The van der Waals surface area contributed by atoms with Crippen LogP contribution in [0.1, 0.15) is 47.5 Å². The predicted octanol–water partition coefficient (Wildman–Crippen LogP) is 6.11. The first-order valence-electron chi connectivity index (χ1n) is 12.0. The van der Waals surface area contributed by atoms with Gasteiger partial charge in [-0.05, 0) is 88.2 Å². The number of likely N-dealkylation sites (tertiary alicyclic amines) is 1. The number of hydrogen-bond donors (Lipinski definition) is 0. The third-order valence-corrected chi connectivity index (χ3v) is 9.65. The summed E-state index contributed by atoms with van der Waals surface area (Å²) in [6.45, 7) is 7.11. The molecule has 1 aliphatic heterocycles. The standard InChI is InChI=1S/C25H30F3N5S2/c1-16-21(35-17(2)29-16)22-30-31-23(32(22)3)34-14-4-11-33-12-9-20-15-24(20,10-13-33)18-5-7-19(8-6-18)25(26,27)28/h5-8,20H,4,9-15H2,1-3H3/t20-,24+/m0/s1. The van der Waals surface area contributed by atoms with E-state index in [-0.39, 0.29) is 5.41 Å². The van der Waals surface area contributed by atoms with Gasteiger partial charge in [0.15, 0.2) is 11.0 Å². The van der Waals surface area contributed by atoms with E-state index in [1.807, 2.05) is 20.9 Å². The molecule has 0 radical (unpaired) electrons. The van der Waals surface area contributed by atoms with Crippen LogP contribution in [-0.4, -0.2) is 50.0 Å². The molecular weight excluding hydrogens is 491 g/mol. The fourth-order valence-electron chi connectivity index (χ4n) is 5.41. The summed E-state index contributed by atoms with van der Waals surface area (Å²) in [5.74, 6) is 2.43. The lowest BCUT2D eigenvalue weighted by Crippen LogP contribution is -2.27. The number of thiazole rings is 1. The quantitative estimate of drug-likeness (QED) is 0.277. The highest BCUT2D eigenvalue weighted by molar-refractivity contribution is 7.99. The Kier molecular flexibility index (Phi) is 6.74. The molecule has 2 atom stereocenters. The molecule has 1 saturated carbocycles. The van der Waals surface area contributed by atoms with Gasteiger partial charge >= 0.3 is 6.18 Å². The molecule has 0 amide bonds. The lowest BCUT2D eigenvalue weighted by atomic mass is 9.89. The predicted molar refractivity (Wildman–Crippen MR) is 134 cm³/mol. The van der Waals surface area contributed by atoms with Gasteiger partial charge in [-0.2, -0.15) is 13.2 Å². The largest absolute Gasteiger partial charge is 0.416 e. The Balaban J connectivity index is 1.12. The van der Waals surface area contributed by atoms with Gasteiger partial charge < -0.3 is 9.47 Å². The number of thioether (sulfide) groups is 1. The molecule has 188 valence electrons. The lowest BCUT2D eigenvalue weighted by molar-refractivity contribution is -0.137. The summed E-state index contributed by atoms with van der Waals surface area (Å²) in [6, 6.07) is 5.90. The van der Waals surface area contributed by atoms with E-state index in [0.717, 1.165) is 83.2 Å². The highest BCUT2D eigenvalue weighted by atomic mass is 32.2. The first kappa shape index (κ1) is 24.8. The van der Waals surface area contributed by atoms with Crippen molar-refractivity contribution in [3.8, 4) is 10.7 Å². The number of alkyl halides is 3. The highest BCUT2D eigenvalue weighted by Gasteiger charge is 2.55. The average molecular weight is 522 g/mol. The van der Waals surface area contributed by atoms with E-state index in [9.17, 15) is 13.2 Å². The number of nitrogens with zero attached hydrogens (tertiary/aromatic N) is 5. The summed E-state index contributed by atoms with van der Waals surface area (Å²) in [7, 11) is 2.01. The van der Waals surface area contributed by atoms with Gasteiger partial charge in [-0.15, -0.1) is 21.5 Å². The summed E-state index contributed by atoms with van der Waals surface area (Å²) < 4.78 is 40.9. The number of fused-ring (bicyclic) bond motifs is 1. The minimum Gasteiger partial charge on any atom is -0.304 e. The minimum atomic E-state index is -4.27. The maximum Gasteiger partial charge on any atom is 0.416 e. The Bertz CT molecular complexity index is 1190. The van der Waals surface area contributed by atoms with Crippen LogP contribution in [0.5, 0.6) is 0 Å². The van der Waals surface area contributed by atoms with Crippen molar-refractivity contribution in [1.82, 2.24) is 24.6 Å². The van der Waals surface area contributed by atoms with Crippen LogP contribution in [0, 0.1) is 19.8 Å². The molecule has 35 heavy (non-hydrogen) atoms. The average Bonchev–Trinajstić information content (AvgIpc) is 3.33. The third-order valence-electron chi connectivity index (χ3n) is 7.48. The van der Waals surface area contributed by atoms with Gasteiger partial charge in [0.05, 0.1) is 21.1 Å². The molecular formula is C25H30F3N5S2. The molecule has 2 fully saturated rings. The van der Waals surface area contributed by atoms with Crippen LogP contribution < -0.4 is 0 Å². The van der Waals surface area contributed by atoms with Crippen molar-refractivity contribution in [2.45, 2.75) is 56.3 Å². The minimum absolute atomic E-state index is 0.0792. The molecule has 0 bridgehead atoms. The molecule has 1 aliphatic carbocycles. The van der Waals surface area contributed by atoms with Crippen molar-refractivity contribution in [3.05, 3.63) is 46.1 Å².